The molecule has 34 heavy (non-hydrogen) atoms. The third-order valence-corrected chi connectivity index (χ3v) is 6.39. The van der Waals surface area contributed by atoms with Crippen molar-refractivity contribution in [2.24, 2.45) is 0 Å². The maximum Gasteiger partial charge on any atom is 0.416 e. The van der Waals surface area contributed by atoms with Crippen LogP contribution in [-0.4, -0.2) is 17.2 Å². The van der Waals surface area contributed by atoms with E-state index in [9.17, 15) is 23.1 Å². The molecule has 1 fully saturated rings. The lowest BCUT2D eigenvalue weighted by molar-refractivity contribution is -0.137. The van der Waals surface area contributed by atoms with Crippen molar-refractivity contribution in [2.45, 2.75) is 37.7 Å². The lowest BCUT2D eigenvalue weighted by Gasteiger charge is -2.37. The minimum Gasteiger partial charge on any atom is -0.365 e. The van der Waals surface area contributed by atoms with Gasteiger partial charge in [0.25, 0.3) is 0 Å². The van der Waals surface area contributed by atoms with Crippen LogP contribution >= 0.6 is 23.2 Å². The van der Waals surface area contributed by atoms with Gasteiger partial charge in [0.05, 0.1) is 11.6 Å². The van der Waals surface area contributed by atoms with E-state index in [2.05, 4.69) is 0 Å². The number of urea groups is 1. The molecule has 2 amide bonds. The van der Waals surface area contributed by atoms with Crippen molar-refractivity contribution in [3.8, 4) is 0 Å². The fraction of sp³-hybridized carbons (Fsp3) is 0.240. The van der Waals surface area contributed by atoms with Gasteiger partial charge in [-0.25, -0.2) is 4.79 Å². The van der Waals surface area contributed by atoms with Gasteiger partial charge in [-0.3, -0.25) is 9.80 Å². The second-order valence-electron chi connectivity index (χ2n) is 8.05. The summed E-state index contributed by atoms with van der Waals surface area (Å²) in [5.41, 5.74) is -2.29. The monoisotopic (exact) mass is 508 g/mol. The Morgan fingerprint density at radius 1 is 0.941 bits per heavy atom. The molecule has 1 unspecified atom stereocenters. The van der Waals surface area contributed by atoms with Crippen molar-refractivity contribution in [3.05, 3.63) is 94.0 Å². The zero-order valence-corrected chi connectivity index (χ0v) is 19.6. The van der Waals surface area contributed by atoms with Gasteiger partial charge in [-0.2, -0.15) is 13.2 Å². The first kappa shape index (κ1) is 24.4. The zero-order chi connectivity index (χ0) is 24.7. The normalized spacial score (nSPS) is 20.8. The number of alkyl halides is 3. The summed E-state index contributed by atoms with van der Waals surface area (Å²) < 4.78 is 40.6. The third-order valence-electron chi connectivity index (χ3n) is 5.88. The molecule has 0 saturated carbocycles. The second-order valence-corrected chi connectivity index (χ2v) is 8.92. The van der Waals surface area contributed by atoms with Gasteiger partial charge in [0.2, 0.25) is 0 Å². The second kappa shape index (κ2) is 9.13. The predicted octanol–water partition coefficient (Wildman–Crippen LogP) is 7.47. The lowest BCUT2D eigenvalue weighted by Crippen LogP contribution is -2.49. The highest BCUT2D eigenvalue weighted by Crippen LogP contribution is 2.47. The van der Waals surface area contributed by atoms with Crippen LogP contribution in [0.3, 0.4) is 0 Å². The zero-order valence-electron chi connectivity index (χ0n) is 18.1. The highest BCUT2D eigenvalue weighted by atomic mass is 35.5. The Labute approximate surface area is 205 Å². The Hall–Kier alpha value is -2.74. The molecule has 1 saturated heterocycles. The van der Waals surface area contributed by atoms with Gasteiger partial charge in [0, 0.05) is 27.0 Å². The average Bonchev–Trinajstić information content (AvgIpc) is 3.02. The van der Waals surface area contributed by atoms with E-state index in [1.165, 1.54) is 17.0 Å². The SMILES string of the molecule is CCC[C@@H]1N(c2ccc(Cl)cc2)C(=O)N(c2ccc(Cl)cc2)C1(O)c1cccc(C(F)(F)F)c1. The van der Waals surface area contributed by atoms with Gasteiger partial charge in [-0.1, -0.05) is 48.7 Å². The lowest BCUT2D eigenvalue weighted by atomic mass is 9.89. The first-order valence-corrected chi connectivity index (χ1v) is 11.4. The Morgan fingerprint density at radius 2 is 1.50 bits per heavy atom. The number of hydrogen-bond acceptors (Lipinski definition) is 2. The number of nitrogens with zero attached hydrogens (tertiary/aromatic N) is 2. The number of halogens is 5. The summed E-state index contributed by atoms with van der Waals surface area (Å²) in [6, 6.07) is 15.7. The van der Waals surface area contributed by atoms with Crippen molar-refractivity contribution in [1.82, 2.24) is 0 Å². The van der Waals surface area contributed by atoms with Gasteiger partial charge in [-0.15, -0.1) is 0 Å². The van der Waals surface area contributed by atoms with Crippen LogP contribution in [0.5, 0.6) is 0 Å². The van der Waals surface area contributed by atoms with Gasteiger partial charge in [-0.05, 0) is 67.1 Å². The van der Waals surface area contributed by atoms with E-state index >= 15 is 0 Å². The standard InChI is InChI=1S/C25H21Cl2F3N2O2/c1-2-4-22-24(34,16-5-3-6-17(15-16)25(28,29)30)32(21-13-9-19(27)10-14-21)23(33)31(22)20-11-7-18(26)8-12-20/h3,5-15,22,34H,2,4H2,1H3/t22-,24?/m0/s1. The summed E-state index contributed by atoms with van der Waals surface area (Å²) in [5.74, 6) is 0. The van der Waals surface area contributed by atoms with E-state index in [0.717, 1.165) is 17.0 Å². The van der Waals surface area contributed by atoms with E-state index < -0.39 is 29.5 Å². The summed E-state index contributed by atoms with van der Waals surface area (Å²) in [6.07, 6.45) is -3.72. The maximum absolute atomic E-state index is 13.8. The number of aliphatic hydroxyl groups is 1. The number of rotatable bonds is 5. The summed E-state index contributed by atoms with van der Waals surface area (Å²) in [4.78, 5) is 16.4. The molecular formula is C25H21Cl2F3N2O2. The highest BCUT2D eigenvalue weighted by molar-refractivity contribution is 6.31. The van der Waals surface area contributed by atoms with Crippen molar-refractivity contribution in [1.29, 1.82) is 0 Å². The van der Waals surface area contributed by atoms with E-state index in [4.69, 9.17) is 23.2 Å². The molecule has 4 nitrogen and oxygen atoms in total. The summed E-state index contributed by atoms with van der Waals surface area (Å²) >= 11 is 12.0. The van der Waals surface area contributed by atoms with Gasteiger partial charge in [0.15, 0.2) is 5.72 Å². The quantitative estimate of drug-likeness (QED) is 0.388. The molecule has 0 bridgehead atoms. The largest absolute Gasteiger partial charge is 0.416 e. The number of benzene rings is 3. The van der Waals surface area contributed by atoms with Crippen LogP contribution in [0, 0.1) is 0 Å². The molecule has 0 aromatic heterocycles. The molecule has 1 heterocycles. The molecule has 0 radical (unpaired) electrons. The third kappa shape index (κ3) is 4.24. The van der Waals surface area contributed by atoms with E-state index in [1.807, 2.05) is 6.92 Å². The van der Waals surface area contributed by atoms with Gasteiger partial charge >= 0.3 is 12.2 Å². The molecule has 3 aromatic carbocycles. The fourth-order valence-electron chi connectivity index (χ4n) is 4.36. The minimum atomic E-state index is -4.61. The molecule has 2 atom stereocenters. The number of anilines is 2. The van der Waals surface area contributed by atoms with Gasteiger partial charge < -0.3 is 5.11 Å². The number of carbonyl (C=O) groups excluding carboxylic acids is 1. The minimum absolute atomic E-state index is 0.0412. The Morgan fingerprint density at radius 3 is 2.03 bits per heavy atom. The van der Waals surface area contributed by atoms with Crippen LogP contribution in [0.4, 0.5) is 29.3 Å². The van der Waals surface area contributed by atoms with Crippen LogP contribution in [-0.2, 0) is 11.9 Å². The van der Waals surface area contributed by atoms with E-state index in [1.54, 1.807) is 48.5 Å². The molecule has 1 N–H and O–H groups in total. The molecule has 0 aliphatic carbocycles. The molecule has 1 aliphatic heterocycles. The Balaban J connectivity index is 1.96. The molecule has 0 spiro atoms. The van der Waals surface area contributed by atoms with Gasteiger partial charge in [0.1, 0.15) is 0 Å². The van der Waals surface area contributed by atoms with Crippen LogP contribution in [0.2, 0.25) is 10.0 Å². The van der Waals surface area contributed by atoms with Crippen molar-refractivity contribution < 1.29 is 23.1 Å². The average molecular weight is 509 g/mol. The number of carbonyl (C=O) groups is 1. The summed E-state index contributed by atoms with van der Waals surface area (Å²) in [5, 5.41) is 13.1. The topological polar surface area (TPSA) is 43.8 Å². The van der Waals surface area contributed by atoms with E-state index in [-0.39, 0.29) is 5.56 Å². The van der Waals surface area contributed by atoms with Crippen LogP contribution in [0.1, 0.15) is 30.9 Å². The van der Waals surface area contributed by atoms with Crippen LogP contribution < -0.4 is 9.80 Å². The van der Waals surface area contributed by atoms with Crippen LogP contribution in [0.25, 0.3) is 0 Å². The molecule has 3 aromatic rings. The molecule has 178 valence electrons. The number of hydrogen-bond donors (Lipinski definition) is 1. The van der Waals surface area contributed by atoms with Crippen molar-refractivity contribution in [2.75, 3.05) is 9.80 Å². The number of amides is 2. The molecule has 4 rings (SSSR count). The summed E-state index contributed by atoms with van der Waals surface area (Å²) in [6.45, 7) is 1.88. The first-order chi connectivity index (χ1) is 16.1. The van der Waals surface area contributed by atoms with Crippen LogP contribution in [0.15, 0.2) is 72.8 Å². The molecule has 1 aliphatic rings. The fourth-order valence-corrected chi connectivity index (χ4v) is 4.61. The van der Waals surface area contributed by atoms with E-state index in [0.29, 0.717) is 34.3 Å². The smallest absolute Gasteiger partial charge is 0.365 e. The molecule has 9 heteroatoms. The summed E-state index contributed by atoms with van der Waals surface area (Å²) in [7, 11) is 0. The Bertz CT molecular complexity index is 1190. The molecular weight excluding hydrogens is 488 g/mol. The Kier molecular flexibility index (Phi) is 6.55. The maximum atomic E-state index is 13.8. The van der Waals surface area contributed by atoms with Crippen molar-refractivity contribution >= 4 is 40.6 Å². The predicted molar refractivity (Wildman–Crippen MR) is 127 cm³/mol. The first-order valence-electron chi connectivity index (χ1n) is 10.6. The van der Waals surface area contributed by atoms with Crippen molar-refractivity contribution in [3.63, 3.8) is 0 Å². The highest BCUT2D eigenvalue weighted by Gasteiger charge is 2.58.